The van der Waals surface area contributed by atoms with Crippen molar-refractivity contribution in [2.45, 2.75) is 25.7 Å². The molecule has 0 aromatic heterocycles. The van der Waals surface area contributed by atoms with Crippen LogP contribution in [0.1, 0.15) is 25.7 Å². The van der Waals surface area contributed by atoms with Crippen LogP contribution in [0.25, 0.3) is 0 Å². The van der Waals surface area contributed by atoms with Crippen LogP contribution in [-0.2, 0) is 9.53 Å². The molecule has 0 spiro atoms. The van der Waals surface area contributed by atoms with Crippen molar-refractivity contribution in [3.63, 3.8) is 0 Å². The van der Waals surface area contributed by atoms with Crippen LogP contribution >= 0.6 is 0 Å². The summed E-state index contributed by atoms with van der Waals surface area (Å²) in [7, 11) is 2.11. The van der Waals surface area contributed by atoms with Crippen LogP contribution in [0, 0.1) is 17.8 Å². The molecule has 1 saturated carbocycles. The van der Waals surface area contributed by atoms with E-state index in [4.69, 9.17) is 9.84 Å². The predicted molar refractivity (Wildman–Crippen MR) is 64.9 cm³/mol. The first kappa shape index (κ1) is 12.8. The third-order valence-electron chi connectivity index (χ3n) is 4.05. The fraction of sp³-hybridized carbons (Fsp3) is 0.923. The van der Waals surface area contributed by atoms with Crippen LogP contribution < -0.4 is 0 Å². The molecular formula is C13H23NO3. The average molecular weight is 241 g/mol. The first-order valence-electron chi connectivity index (χ1n) is 6.66. The van der Waals surface area contributed by atoms with Gasteiger partial charge in [-0.05, 0) is 51.1 Å². The highest BCUT2D eigenvalue weighted by atomic mass is 16.5. The van der Waals surface area contributed by atoms with Crippen LogP contribution in [-0.4, -0.2) is 49.3 Å². The lowest BCUT2D eigenvalue weighted by atomic mass is 9.96. The summed E-state index contributed by atoms with van der Waals surface area (Å²) in [5.74, 6) is 0.515. The van der Waals surface area contributed by atoms with Gasteiger partial charge in [0.2, 0.25) is 0 Å². The second kappa shape index (κ2) is 5.83. The molecule has 0 radical (unpaired) electrons. The van der Waals surface area contributed by atoms with Crippen molar-refractivity contribution in [1.82, 2.24) is 4.90 Å². The highest BCUT2D eigenvalue weighted by molar-refractivity contribution is 5.73. The van der Waals surface area contributed by atoms with Crippen LogP contribution in [0.3, 0.4) is 0 Å². The summed E-state index contributed by atoms with van der Waals surface area (Å²) in [6, 6.07) is 0. The molecule has 4 heteroatoms. The molecule has 4 nitrogen and oxygen atoms in total. The Balaban J connectivity index is 1.58. The number of nitrogens with zero attached hydrogens (tertiary/aromatic N) is 1. The monoisotopic (exact) mass is 241 g/mol. The Morgan fingerprint density at radius 1 is 1.41 bits per heavy atom. The number of carboxylic acid groups (broad SMARTS) is 1. The Morgan fingerprint density at radius 3 is 2.71 bits per heavy atom. The molecule has 0 bridgehead atoms. The van der Waals surface area contributed by atoms with Crippen LogP contribution in [0.4, 0.5) is 0 Å². The Hall–Kier alpha value is -0.610. The average Bonchev–Trinajstić information content (AvgIpc) is 3.07. The zero-order chi connectivity index (χ0) is 12.3. The van der Waals surface area contributed by atoms with Gasteiger partial charge in [-0.15, -0.1) is 0 Å². The van der Waals surface area contributed by atoms with Crippen LogP contribution in [0.2, 0.25) is 0 Å². The van der Waals surface area contributed by atoms with Gasteiger partial charge >= 0.3 is 5.97 Å². The number of rotatable bonds is 6. The van der Waals surface area contributed by atoms with E-state index < -0.39 is 5.97 Å². The van der Waals surface area contributed by atoms with Crippen LogP contribution in [0.15, 0.2) is 0 Å². The van der Waals surface area contributed by atoms with Crippen molar-refractivity contribution in [3.05, 3.63) is 0 Å². The molecule has 2 atom stereocenters. The molecule has 1 aliphatic heterocycles. The summed E-state index contributed by atoms with van der Waals surface area (Å²) in [6.07, 6.45) is 4.48. The standard InChI is InChI=1S/C13H23NO3/c1-14(9-11-8-12(11)13(15)16)5-2-10-3-6-17-7-4-10/h10-12H,2-9H2,1H3,(H,15,16). The lowest BCUT2D eigenvalue weighted by Gasteiger charge is -2.24. The van der Waals surface area contributed by atoms with Crippen molar-refractivity contribution >= 4 is 5.97 Å². The molecular weight excluding hydrogens is 218 g/mol. The summed E-state index contributed by atoms with van der Waals surface area (Å²) >= 11 is 0. The molecule has 0 amide bonds. The van der Waals surface area contributed by atoms with Gasteiger partial charge < -0.3 is 14.7 Å². The van der Waals surface area contributed by atoms with E-state index in [1.165, 1.54) is 19.3 Å². The molecule has 2 fully saturated rings. The highest BCUT2D eigenvalue weighted by Gasteiger charge is 2.43. The first-order chi connectivity index (χ1) is 8.16. The molecule has 2 rings (SSSR count). The van der Waals surface area contributed by atoms with Gasteiger partial charge in [-0.2, -0.15) is 0 Å². The molecule has 0 aromatic rings. The number of hydrogen-bond donors (Lipinski definition) is 1. The quantitative estimate of drug-likeness (QED) is 0.765. The normalized spacial score (nSPS) is 29.5. The first-order valence-corrected chi connectivity index (χ1v) is 6.66. The molecule has 1 heterocycles. The number of hydrogen-bond acceptors (Lipinski definition) is 3. The molecule has 1 aliphatic carbocycles. The number of aliphatic carboxylic acids is 1. The fourth-order valence-corrected chi connectivity index (χ4v) is 2.68. The van der Waals surface area contributed by atoms with Gasteiger partial charge in [0.25, 0.3) is 0 Å². The third kappa shape index (κ3) is 3.96. The van der Waals surface area contributed by atoms with Crippen molar-refractivity contribution < 1.29 is 14.6 Å². The maximum atomic E-state index is 10.7. The highest BCUT2D eigenvalue weighted by Crippen LogP contribution is 2.39. The minimum absolute atomic E-state index is 0.0690. The van der Waals surface area contributed by atoms with Gasteiger partial charge in [0, 0.05) is 19.8 Å². The Kier molecular flexibility index (Phi) is 4.40. The molecule has 2 unspecified atom stereocenters. The Morgan fingerprint density at radius 2 is 2.12 bits per heavy atom. The van der Waals surface area contributed by atoms with Crippen molar-refractivity contribution in [1.29, 1.82) is 0 Å². The second-order valence-corrected chi connectivity index (χ2v) is 5.55. The minimum atomic E-state index is -0.618. The van der Waals surface area contributed by atoms with Gasteiger partial charge in [-0.3, -0.25) is 4.79 Å². The summed E-state index contributed by atoms with van der Waals surface area (Å²) in [4.78, 5) is 13.0. The van der Waals surface area contributed by atoms with Crippen molar-refractivity contribution in [2.75, 3.05) is 33.4 Å². The summed E-state index contributed by atoms with van der Waals surface area (Å²) in [5, 5.41) is 8.84. The van der Waals surface area contributed by atoms with Gasteiger partial charge in [0.1, 0.15) is 0 Å². The maximum Gasteiger partial charge on any atom is 0.306 e. The number of ether oxygens (including phenoxy) is 1. The van der Waals surface area contributed by atoms with E-state index in [0.29, 0.717) is 5.92 Å². The van der Waals surface area contributed by atoms with Gasteiger partial charge in [0.15, 0.2) is 0 Å². The molecule has 1 saturated heterocycles. The predicted octanol–water partition coefficient (Wildman–Crippen LogP) is 1.46. The third-order valence-corrected chi connectivity index (χ3v) is 4.05. The van der Waals surface area contributed by atoms with E-state index in [0.717, 1.165) is 38.6 Å². The lowest BCUT2D eigenvalue weighted by molar-refractivity contribution is -0.138. The van der Waals surface area contributed by atoms with Gasteiger partial charge in [0.05, 0.1) is 5.92 Å². The minimum Gasteiger partial charge on any atom is -0.481 e. The zero-order valence-corrected chi connectivity index (χ0v) is 10.6. The Bertz CT molecular complexity index is 263. The zero-order valence-electron chi connectivity index (χ0n) is 10.6. The maximum absolute atomic E-state index is 10.7. The molecule has 17 heavy (non-hydrogen) atoms. The van der Waals surface area contributed by atoms with Gasteiger partial charge in [-0.1, -0.05) is 0 Å². The van der Waals surface area contributed by atoms with E-state index in [9.17, 15) is 4.79 Å². The SMILES string of the molecule is CN(CCC1CCOCC1)CC1CC1C(=O)O. The summed E-state index contributed by atoms with van der Waals surface area (Å²) < 4.78 is 5.34. The van der Waals surface area contributed by atoms with Crippen LogP contribution in [0.5, 0.6) is 0 Å². The summed E-state index contributed by atoms with van der Waals surface area (Å²) in [5.41, 5.74) is 0. The van der Waals surface area contributed by atoms with E-state index in [1.54, 1.807) is 0 Å². The van der Waals surface area contributed by atoms with E-state index in [-0.39, 0.29) is 5.92 Å². The number of carbonyl (C=O) groups is 1. The molecule has 1 N–H and O–H groups in total. The van der Waals surface area contributed by atoms with E-state index >= 15 is 0 Å². The second-order valence-electron chi connectivity index (χ2n) is 5.55. The summed E-state index contributed by atoms with van der Waals surface area (Å²) in [6.45, 7) is 3.86. The van der Waals surface area contributed by atoms with Gasteiger partial charge in [-0.25, -0.2) is 0 Å². The largest absolute Gasteiger partial charge is 0.481 e. The molecule has 0 aromatic carbocycles. The Labute approximate surface area is 103 Å². The molecule has 2 aliphatic rings. The molecule has 98 valence electrons. The van der Waals surface area contributed by atoms with E-state index in [1.807, 2.05) is 0 Å². The lowest BCUT2D eigenvalue weighted by Crippen LogP contribution is -2.26. The van der Waals surface area contributed by atoms with E-state index in [2.05, 4.69) is 11.9 Å². The fourth-order valence-electron chi connectivity index (χ4n) is 2.68. The number of carboxylic acids is 1. The topological polar surface area (TPSA) is 49.8 Å². The van der Waals surface area contributed by atoms with Crippen molar-refractivity contribution in [2.24, 2.45) is 17.8 Å². The van der Waals surface area contributed by atoms with Crippen molar-refractivity contribution in [3.8, 4) is 0 Å². The smallest absolute Gasteiger partial charge is 0.306 e.